The number of hydrogen-bond donors (Lipinski definition) is 1. The molecule has 0 unspecified atom stereocenters. The molecule has 0 aliphatic rings. The van der Waals surface area contributed by atoms with Crippen molar-refractivity contribution in [2.24, 2.45) is 0 Å². The average molecular weight is 376 g/mol. The predicted molar refractivity (Wildman–Crippen MR) is 83.3 cm³/mol. The fourth-order valence-corrected chi connectivity index (χ4v) is 3.12. The maximum Gasteiger partial charge on any atom is 0.416 e. The van der Waals surface area contributed by atoms with Crippen LogP contribution in [0.3, 0.4) is 0 Å². The quantitative estimate of drug-likeness (QED) is 0.455. The van der Waals surface area contributed by atoms with Crippen LogP contribution in [0.25, 0.3) is 22.2 Å². The normalized spacial score (nSPS) is 12.7. The van der Waals surface area contributed by atoms with E-state index in [2.05, 4.69) is 9.97 Å². The summed E-state index contributed by atoms with van der Waals surface area (Å²) in [7, 11) is 0. The van der Waals surface area contributed by atoms with E-state index >= 15 is 0 Å². The summed E-state index contributed by atoms with van der Waals surface area (Å²) in [5.74, 6) is -1.08. The summed E-state index contributed by atoms with van der Waals surface area (Å²) < 4.78 is 75.7. The molecular formula is C16H10F6N2S. The summed E-state index contributed by atoms with van der Waals surface area (Å²) >= 11 is 0.579. The van der Waals surface area contributed by atoms with Crippen LogP contribution in [0.4, 0.5) is 26.3 Å². The molecule has 2 heterocycles. The third-order valence-corrected chi connectivity index (χ3v) is 4.52. The number of pyridine rings is 1. The zero-order valence-corrected chi connectivity index (χ0v) is 13.2. The molecule has 0 saturated heterocycles. The first kappa shape index (κ1) is 17.7. The van der Waals surface area contributed by atoms with Gasteiger partial charge in [-0.1, -0.05) is 0 Å². The fourth-order valence-electron chi connectivity index (χ4n) is 2.33. The number of aromatic amines is 1. The first-order valence-corrected chi connectivity index (χ1v) is 7.96. The highest BCUT2D eigenvalue weighted by atomic mass is 32.2. The minimum Gasteiger partial charge on any atom is -0.354 e. The van der Waals surface area contributed by atoms with E-state index in [1.54, 1.807) is 0 Å². The lowest BCUT2D eigenvalue weighted by atomic mass is 10.1. The molecule has 2 nitrogen and oxygen atoms in total. The zero-order chi connectivity index (χ0) is 18.2. The summed E-state index contributed by atoms with van der Waals surface area (Å²) in [5.41, 5.74) is 0.564. The van der Waals surface area contributed by atoms with Crippen molar-refractivity contribution in [2.75, 3.05) is 5.75 Å². The summed E-state index contributed by atoms with van der Waals surface area (Å²) in [6, 6.07) is 6.25. The molecule has 0 bridgehead atoms. The molecule has 0 aliphatic carbocycles. The van der Waals surface area contributed by atoms with Crippen molar-refractivity contribution in [3.05, 3.63) is 48.3 Å². The highest BCUT2D eigenvalue weighted by Gasteiger charge is 2.31. The van der Waals surface area contributed by atoms with Crippen LogP contribution in [0.1, 0.15) is 5.56 Å². The van der Waals surface area contributed by atoms with E-state index in [1.807, 2.05) is 0 Å². The Morgan fingerprint density at radius 2 is 1.76 bits per heavy atom. The second-order valence-corrected chi connectivity index (χ2v) is 6.28. The lowest BCUT2D eigenvalue weighted by Crippen LogP contribution is -2.10. The molecule has 0 atom stereocenters. The van der Waals surface area contributed by atoms with E-state index in [-0.39, 0.29) is 0 Å². The highest BCUT2D eigenvalue weighted by molar-refractivity contribution is 7.99. The van der Waals surface area contributed by atoms with Gasteiger partial charge in [-0.2, -0.15) is 26.3 Å². The van der Waals surface area contributed by atoms with Gasteiger partial charge in [0.2, 0.25) is 0 Å². The van der Waals surface area contributed by atoms with E-state index in [9.17, 15) is 26.3 Å². The fraction of sp³-hybridized carbons (Fsp3) is 0.188. The van der Waals surface area contributed by atoms with E-state index < -0.39 is 23.7 Å². The number of hydrogen-bond acceptors (Lipinski definition) is 2. The van der Waals surface area contributed by atoms with Gasteiger partial charge in [-0.15, -0.1) is 11.8 Å². The number of fused-ring (bicyclic) bond motifs is 1. The number of nitrogens with zero attached hydrogens (tertiary/aromatic N) is 1. The molecule has 1 aromatic carbocycles. The highest BCUT2D eigenvalue weighted by Crippen LogP contribution is 2.36. The van der Waals surface area contributed by atoms with Crippen LogP contribution in [-0.4, -0.2) is 21.9 Å². The second-order valence-electron chi connectivity index (χ2n) is 5.26. The van der Waals surface area contributed by atoms with Gasteiger partial charge in [-0.25, -0.2) is 0 Å². The van der Waals surface area contributed by atoms with E-state index in [1.165, 1.54) is 30.6 Å². The van der Waals surface area contributed by atoms with Crippen molar-refractivity contribution < 1.29 is 26.3 Å². The van der Waals surface area contributed by atoms with Gasteiger partial charge in [0.1, 0.15) is 0 Å². The number of H-pyrrole nitrogens is 1. The summed E-state index contributed by atoms with van der Waals surface area (Å²) in [6.45, 7) is 0. The number of aromatic nitrogens is 2. The van der Waals surface area contributed by atoms with Gasteiger partial charge < -0.3 is 4.98 Å². The Labute approximate surface area is 142 Å². The summed E-state index contributed by atoms with van der Waals surface area (Å²) in [5, 5.41) is 0.327. The van der Waals surface area contributed by atoms with Gasteiger partial charge in [0.05, 0.1) is 11.3 Å². The molecule has 1 N–H and O–H groups in total. The molecule has 0 radical (unpaired) electrons. The SMILES string of the molecule is FC(F)(F)CSc1cnccc1-c1cc2cc(C(F)(F)F)ccc2[nH]1. The molecule has 0 fully saturated rings. The molecule has 25 heavy (non-hydrogen) atoms. The van der Waals surface area contributed by atoms with Crippen LogP contribution in [0.5, 0.6) is 0 Å². The summed E-state index contributed by atoms with van der Waals surface area (Å²) in [6.07, 6.45) is -6.08. The Kier molecular flexibility index (Phi) is 4.44. The monoisotopic (exact) mass is 376 g/mol. The first-order chi connectivity index (χ1) is 11.6. The summed E-state index contributed by atoms with van der Waals surface area (Å²) in [4.78, 5) is 7.05. The van der Waals surface area contributed by atoms with E-state index in [0.717, 1.165) is 12.1 Å². The van der Waals surface area contributed by atoms with Gasteiger partial charge in [0, 0.05) is 39.4 Å². The minimum absolute atomic E-state index is 0.294. The molecular weight excluding hydrogens is 366 g/mol. The van der Waals surface area contributed by atoms with Crippen LogP contribution >= 0.6 is 11.8 Å². The van der Waals surface area contributed by atoms with E-state index in [0.29, 0.717) is 38.8 Å². The van der Waals surface area contributed by atoms with Gasteiger partial charge in [-0.3, -0.25) is 4.98 Å². The Bertz CT molecular complexity index is 898. The van der Waals surface area contributed by atoms with Crippen LogP contribution < -0.4 is 0 Å². The smallest absolute Gasteiger partial charge is 0.354 e. The largest absolute Gasteiger partial charge is 0.416 e. The van der Waals surface area contributed by atoms with Crippen molar-refractivity contribution in [3.8, 4) is 11.3 Å². The molecule has 3 aromatic rings. The molecule has 2 aromatic heterocycles. The number of thioether (sulfide) groups is 1. The van der Waals surface area contributed by atoms with Gasteiger partial charge in [-0.05, 0) is 30.3 Å². The standard InChI is InChI=1S/C16H10F6N2S/c17-15(18,19)8-25-14-7-23-4-3-11(14)13-6-9-5-10(16(20,21)22)1-2-12(9)24-13/h1-7,24H,8H2. The number of rotatable bonds is 3. The Hall–Kier alpha value is -2.16. The number of halogens is 6. The average Bonchev–Trinajstić information content (AvgIpc) is 2.94. The van der Waals surface area contributed by atoms with Crippen LogP contribution in [0.15, 0.2) is 47.6 Å². The molecule has 132 valence electrons. The second kappa shape index (κ2) is 6.29. The number of benzene rings is 1. The van der Waals surface area contributed by atoms with Crippen molar-refractivity contribution in [2.45, 2.75) is 17.2 Å². The first-order valence-electron chi connectivity index (χ1n) is 6.97. The molecule has 0 saturated carbocycles. The molecule has 9 heteroatoms. The van der Waals surface area contributed by atoms with Crippen molar-refractivity contribution in [3.63, 3.8) is 0 Å². The van der Waals surface area contributed by atoms with Crippen molar-refractivity contribution in [1.82, 2.24) is 9.97 Å². The van der Waals surface area contributed by atoms with Gasteiger partial charge >= 0.3 is 12.4 Å². The number of alkyl halides is 6. The van der Waals surface area contributed by atoms with Gasteiger partial charge in [0.25, 0.3) is 0 Å². The topological polar surface area (TPSA) is 28.7 Å². The van der Waals surface area contributed by atoms with E-state index in [4.69, 9.17) is 0 Å². The molecule has 3 rings (SSSR count). The maximum atomic E-state index is 12.8. The van der Waals surface area contributed by atoms with Gasteiger partial charge in [0.15, 0.2) is 0 Å². The maximum absolute atomic E-state index is 12.8. The minimum atomic E-state index is -4.46. The molecule has 0 aliphatic heterocycles. The van der Waals surface area contributed by atoms with Crippen LogP contribution in [0.2, 0.25) is 0 Å². The third-order valence-electron chi connectivity index (χ3n) is 3.41. The zero-order valence-electron chi connectivity index (χ0n) is 12.4. The Balaban J connectivity index is 1.99. The van der Waals surface area contributed by atoms with Crippen molar-refractivity contribution >= 4 is 22.7 Å². The molecule has 0 amide bonds. The molecule has 0 spiro atoms. The van der Waals surface area contributed by atoms with Crippen LogP contribution in [0, 0.1) is 0 Å². The predicted octanol–water partition coefficient (Wildman–Crippen LogP) is 5.90. The van der Waals surface area contributed by atoms with Crippen molar-refractivity contribution in [1.29, 1.82) is 0 Å². The third kappa shape index (κ3) is 4.09. The number of nitrogens with one attached hydrogen (secondary N) is 1. The Morgan fingerprint density at radius 1 is 1.00 bits per heavy atom. The Morgan fingerprint density at radius 3 is 2.44 bits per heavy atom. The van der Waals surface area contributed by atoms with Crippen LogP contribution in [-0.2, 0) is 6.18 Å². The lowest BCUT2D eigenvalue weighted by molar-refractivity contribution is -0.137. The lowest BCUT2D eigenvalue weighted by Gasteiger charge is -2.09.